The number of rotatable bonds is 7. The highest BCUT2D eigenvalue weighted by Gasteiger charge is 2.41. The second-order valence-electron chi connectivity index (χ2n) is 9.99. The first-order valence-electron chi connectivity index (χ1n) is 12.5. The van der Waals surface area contributed by atoms with Gasteiger partial charge in [-0.3, -0.25) is 0 Å². The summed E-state index contributed by atoms with van der Waals surface area (Å²) in [6.07, 6.45) is 1.99. The fraction of sp³-hybridized carbons (Fsp3) is 0.680. The van der Waals surface area contributed by atoms with E-state index in [-0.39, 0.29) is 0 Å². The molecule has 34 heavy (non-hydrogen) atoms. The van der Waals surface area contributed by atoms with Crippen LogP contribution in [0.2, 0.25) is 0 Å². The number of unbranched alkanes of at least 4 members (excludes halogenated alkanes) is 1. The highest BCUT2D eigenvalue weighted by atomic mass is 19.4. The molecule has 2 unspecified atom stereocenters. The molecule has 2 aromatic rings. The van der Waals surface area contributed by atoms with Crippen LogP contribution in [0, 0.1) is 5.92 Å². The Labute approximate surface area is 199 Å². The van der Waals surface area contributed by atoms with Gasteiger partial charge in [-0.05, 0) is 68.8 Å². The molecule has 3 aliphatic rings. The number of alkyl halides is 3. The topological polar surface area (TPSA) is 46.4 Å². The number of hydrogen-bond acceptors (Lipinski definition) is 5. The average Bonchev–Trinajstić information content (AvgIpc) is 3.51. The van der Waals surface area contributed by atoms with Gasteiger partial charge >= 0.3 is 6.18 Å². The first-order chi connectivity index (χ1) is 16.4. The Morgan fingerprint density at radius 2 is 1.76 bits per heavy atom. The smallest absolute Gasteiger partial charge is 0.381 e. The lowest BCUT2D eigenvalue weighted by molar-refractivity contribution is -0.137. The predicted molar refractivity (Wildman–Crippen MR) is 124 cm³/mol. The van der Waals surface area contributed by atoms with Crippen LogP contribution in [-0.2, 0) is 24.4 Å². The molecule has 0 aliphatic carbocycles. The predicted octanol–water partition coefficient (Wildman–Crippen LogP) is 4.26. The number of benzene rings is 1. The summed E-state index contributed by atoms with van der Waals surface area (Å²) in [7, 11) is 2.08. The third-order valence-corrected chi connectivity index (χ3v) is 7.86. The number of fused-ring (bicyclic) bond motifs is 1. The first kappa shape index (κ1) is 23.6. The fourth-order valence-electron chi connectivity index (χ4n) is 5.92. The van der Waals surface area contributed by atoms with Crippen molar-refractivity contribution in [2.45, 2.75) is 56.7 Å². The Hall–Kier alpha value is -2.13. The van der Waals surface area contributed by atoms with Gasteiger partial charge in [-0.1, -0.05) is 0 Å². The standard InChI is InChI=1S/C25H34F3N5O/c1-31-23(29-30-24(31)18-10-14-34-15-11-18)4-2-3-12-32-16-19-9-13-33(22(19)17-32)21-7-5-20(6-8-21)25(26,27)28/h5-8,18-19,22H,2-4,9-17H2,1H3. The van der Waals surface area contributed by atoms with Gasteiger partial charge in [0.25, 0.3) is 0 Å². The van der Waals surface area contributed by atoms with Crippen molar-refractivity contribution in [1.82, 2.24) is 19.7 Å². The molecular formula is C25H34F3N5O. The molecule has 1 aromatic carbocycles. The van der Waals surface area contributed by atoms with Gasteiger partial charge < -0.3 is 19.1 Å². The van der Waals surface area contributed by atoms with Crippen LogP contribution in [0.15, 0.2) is 24.3 Å². The van der Waals surface area contributed by atoms with Crippen molar-refractivity contribution in [3.8, 4) is 0 Å². The first-order valence-corrected chi connectivity index (χ1v) is 12.5. The molecule has 1 aromatic heterocycles. The maximum atomic E-state index is 12.9. The molecule has 186 valence electrons. The van der Waals surface area contributed by atoms with Crippen molar-refractivity contribution in [3.63, 3.8) is 0 Å². The Kier molecular flexibility index (Phi) is 6.84. The quantitative estimate of drug-likeness (QED) is 0.558. The molecule has 0 radical (unpaired) electrons. The second-order valence-corrected chi connectivity index (χ2v) is 9.99. The van der Waals surface area contributed by atoms with Gasteiger partial charge in [0.05, 0.1) is 5.56 Å². The van der Waals surface area contributed by atoms with E-state index in [1.807, 2.05) is 0 Å². The SMILES string of the molecule is Cn1c(CCCCN2CC3CCN(c4ccc(C(F)(F)F)cc4)C3C2)nnc1C1CCOCC1. The summed E-state index contributed by atoms with van der Waals surface area (Å²) in [6, 6.07) is 6.06. The van der Waals surface area contributed by atoms with Crippen molar-refractivity contribution >= 4 is 5.69 Å². The summed E-state index contributed by atoms with van der Waals surface area (Å²) in [6.45, 7) is 5.67. The third-order valence-electron chi connectivity index (χ3n) is 7.86. The van der Waals surface area contributed by atoms with Gasteiger partial charge in [0.15, 0.2) is 0 Å². The molecule has 3 saturated heterocycles. The highest BCUT2D eigenvalue weighted by molar-refractivity contribution is 5.50. The van der Waals surface area contributed by atoms with E-state index in [1.165, 1.54) is 12.1 Å². The van der Waals surface area contributed by atoms with E-state index in [0.29, 0.717) is 17.9 Å². The van der Waals surface area contributed by atoms with Crippen LogP contribution in [0.5, 0.6) is 0 Å². The molecule has 6 nitrogen and oxygen atoms in total. The number of aryl methyl sites for hydroxylation is 1. The van der Waals surface area contributed by atoms with Crippen molar-refractivity contribution in [2.75, 3.05) is 44.3 Å². The highest BCUT2D eigenvalue weighted by Crippen LogP contribution is 2.37. The number of likely N-dealkylation sites (tertiary alicyclic amines) is 1. The minimum absolute atomic E-state index is 0.400. The van der Waals surface area contributed by atoms with Crippen LogP contribution in [0.1, 0.15) is 55.2 Å². The lowest BCUT2D eigenvalue weighted by atomic mass is 9.99. The molecule has 3 aliphatic heterocycles. The maximum Gasteiger partial charge on any atom is 0.416 e. The van der Waals surface area contributed by atoms with Crippen molar-refractivity contribution in [2.24, 2.45) is 13.0 Å². The Balaban J connectivity index is 1.09. The Morgan fingerprint density at radius 1 is 1.00 bits per heavy atom. The van der Waals surface area contributed by atoms with Crippen molar-refractivity contribution in [3.05, 3.63) is 41.5 Å². The van der Waals surface area contributed by atoms with Crippen molar-refractivity contribution < 1.29 is 17.9 Å². The molecule has 0 N–H and O–H groups in total. The van der Waals surface area contributed by atoms with Gasteiger partial charge in [0, 0.05) is 64.0 Å². The molecule has 9 heteroatoms. The van der Waals surface area contributed by atoms with Gasteiger partial charge in [0.2, 0.25) is 0 Å². The normalized spacial score (nSPS) is 24.2. The summed E-state index contributed by atoms with van der Waals surface area (Å²) in [5, 5.41) is 8.92. The zero-order valence-corrected chi connectivity index (χ0v) is 19.8. The summed E-state index contributed by atoms with van der Waals surface area (Å²) in [5.41, 5.74) is 0.327. The molecule has 2 atom stereocenters. The largest absolute Gasteiger partial charge is 0.416 e. The second kappa shape index (κ2) is 9.85. The molecule has 0 amide bonds. The number of halogens is 3. The number of nitrogens with zero attached hydrogens (tertiary/aromatic N) is 5. The van der Waals surface area contributed by atoms with Gasteiger partial charge in [-0.15, -0.1) is 10.2 Å². The molecule has 0 bridgehead atoms. The van der Waals surface area contributed by atoms with Crippen LogP contribution >= 0.6 is 0 Å². The summed E-state index contributed by atoms with van der Waals surface area (Å²) >= 11 is 0. The van der Waals surface area contributed by atoms with Crippen LogP contribution in [-0.4, -0.2) is 65.1 Å². The van der Waals surface area contributed by atoms with Gasteiger partial charge in [0.1, 0.15) is 11.6 Å². The minimum Gasteiger partial charge on any atom is -0.381 e. The Bertz CT molecular complexity index is 954. The zero-order chi connectivity index (χ0) is 23.7. The molecular weight excluding hydrogens is 443 g/mol. The van der Waals surface area contributed by atoms with E-state index in [2.05, 4.69) is 31.6 Å². The number of hydrogen-bond donors (Lipinski definition) is 0. The zero-order valence-electron chi connectivity index (χ0n) is 19.8. The maximum absolute atomic E-state index is 12.9. The lowest BCUT2D eigenvalue weighted by Gasteiger charge is -2.27. The van der Waals surface area contributed by atoms with Gasteiger partial charge in [-0.2, -0.15) is 13.2 Å². The van der Waals surface area contributed by atoms with E-state index in [0.717, 1.165) is 95.3 Å². The third kappa shape index (κ3) is 4.96. The average molecular weight is 478 g/mol. The fourth-order valence-corrected chi connectivity index (χ4v) is 5.92. The molecule has 0 spiro atoms. The summed E-state index contributed by atoms with van der Waals surface area (Å²) in [5.74, 6) is 3.21. The lowest BCUT2D eigenvalue weighted by Crippen LogP contribution is -2.35. The van der Waals surface area contributed by atoms with Crippen LogP contribution in [0.3, 0.4) is 0 Å². The van der Waals surface area contributed by atoms with Crippen LogP contribution in [0.25, 0.3) is 0 Å². The number of aromatic nitrogens is 3. The van der Waals surface area contributed by atoms with E-state index < -0.39 is 11.7 Å². The van der Waals surface area contributed by atoms with Gasteiger partial charge in [-0.25, -0.2) is 0 Å². The molecule has 5 rings (SSSR count). The monoisotopic (exact) mass is 477 g/mol. The van der Waals surface area contributed by atoms with E-state index in [1.54, 1.807) is 12.1 Å². The molecule has 4 heterocycles. The summed E-state index contributed by atoms with van der Waals surface area (Å²) in [4.78, 5) is 4.83. The number of anilines is 1. The van der Waals surface area contributed by atoms with Crippen LogP contribution < -0.4 is 4.90 Å². The van der Waals surface area contributed by atoms with Crippen LogP contribution in [0.4, 0.5) is 18.9 Å². The molecule has 3 fully saturated rings. The number of ether oxygens (including phenoxy) is 1. The van der Waals surface area contributed by atoms with E-state index in [4.69, 9.17) is 4.74 Å². The van der Waals surface area contributed by atoms with E-state index in [9.17, 15) is 13.2 Å². The minimum atomic E-state index is -4.28. The van der Waals surface area contributed by atoms with E-state index >= 15 is 0 Å². The molecule has 0 saturated carbocycles. The summed E-state index contributed by atoms with van der Waals surface area (Å²) < 4.78 is 46.3. The Morgan fingerprint density at radius 3 is 2.50 bits per heavy atom. The van der Waals surface area contributed by atoms with Crippen molar-refractivity contribution in [1.29, 1.82) is 0 Å².